The van der Waals surface area contributed by atoms with Crippen LogP contribution in [0.5, 0.6) is 0 Å². The van der Waals surface area contributed by atoms with Gasteiger partial charge in [0.15, 0.2) is 0 Å². The van der Waals surface area contributed by atoms with E-state index < -0.39 is 15.8 Å². The minimum atomic E-state index is -3.78. The van der Waals surface area contributed by atoms with Gasteiger partial charge < -0.3 is 5.32 Å². The number of anilines is 1. The fraction of sp³-hybridized carbons (Fsp3) is 0.214. The van der Waals surface area contributed by atoms with Crippen LogP contribution in [-0.2, 0) is 16.6 Å². The minimum Gasteiger partial charge on any atom is -0.313 e. The van der Waals surface area contributed by atoms with Crippen LogP contribution in [0.3, 0.4) is 0 Å². The van der Waals surface area contributed by atoms with Gasteiger partial charge in [-0.1, -0.05) is 13.0 Å². The van der Waals surface area contributed by atoms with Crippen LogP contribution in [0.15, 0.2) is 47.5 Å². The lowest BCUT2D eigenvalue weighted by molar-refractivity contribution is 0.586. The summed E-state index contributed by atoms with van der Waals surface area (Å²) in [7, 11) is -3.78. The van der Waals surface area contributed by atoms with Crippen LogP contribution < -0.4 is 10.0 Å². The van der Waals surface area contributed by atoms with E-state index in [9.17, 15) is 12.8 Å². The summed E-state index contributed by atoms with van der Waals surface area (Å²) in [6.45, 7) is 2.83. The number of nitrogens with one attached hydrogen (secondary N) is 2. The van der Waals surface area contributed by atoms with E-state index in [0.29, 0.717) is 12.1 Å². The number of pyridine rings is 1. The van der Waals surface area contributed by atoms with Crippen LogP contribution >= 0.6 is 0 Å². The Hall–Kier alpha value is -1.99. The number of sulfonamides is 1. The van der Waals surface area contributed by atoms with Gasteiger partial charge in [-0.3, -0.25) is 4.72 Å². The van der Waals surface area contributed by atoms with Gasteiger partial charge in [0.05, 0.1) is 4.90 Å². The predicted octanol–water partition coefficient (Wildman–Crippen LogP) is 2.13. The number of aromatic nitrogens is 1. The molecular weight excluding hydrogens is 293 g/mol. The first-order valence-corrected chi connectivity index (χ1v) is 7.94. The molecule has 1 aromatic heterocycles. The molecule has 21 heavy (non-hydrogen) atoms. The number of hydrogen-bond donors (Lipinski definition) is 2. The highest BCUT2D eigenvalue weighted by Crippen LogP contribution is 2.17. The quantitative estimate of drug-likeness (QED) is 0.857. The average molecular weight is 309 g/mol. The van der Waals surface area contributed by atoms with Crippen LogP contribution in [0.25, 0.3) is 0 Å². The summed E-state index contributed by atoms with van der Waals surface area (Å²) in [5.74, 6) is -0.220. The van der Waals surface area contributed by atoms with E-state index in [-0.39, 0.29) is 17.3 Å². The second kappa shape index (κ2) is 6.64. The van der Waals surface area contributed by atoms with Gasteiger partial charge in [0, 0.05) is 18.3 Å². The molecule has 2 aromatic rings. The molecule has 0 aliphatic carbocycles. The zero-order chi connectivity index (χ0) is 15.3. The van der Waals surface area contributed by atoms with Crippen molar-refractivity contribution in [2.75, 3.05) is 11.3 Å². The molecule has 0 amide bonds. The summed E-state index contributed by atoms with van der Waals surface area (Å²) in [5, 5.41) is 2.97. The van der Waals surface area contributed by atoms with Crippen LogP contribution in [0.1, 0.15) is 12.5 Å². The van der Waals surface area contributed by atoms with Crippen LogP contribution in [-0.4, -0.2) is 19.9 Å². The Morgan fingerprint density at radius 1 is 1.24 bits per heavy atom. The summed E-state index contributed by atoms with van der Waals surface area (Å²) >= 11 is 0. The first-order chi connectivity index (χ1) is 10.0. The molecule has 0 radical (unpaired) electrons. The first-order valence-electron chi connectivity index (χ1n) is 6.46. The van der Waals surface area contributed by atoms with E-state index in [1.165, 1.54) is 18.3 Å². The maximum Gasteiger partial charge on any atom is 0.263 e. The number of rotatable bonds is 6. The average Bonchev–Trinajstić information content (AvgIpc) is 2.47. The van der Waals surface area contributed by atoms with Gasteiger partial charge in [-0.15, -0.1) is 0 Å². The lowest BCUT2D eigenvalue weighted by atomic mass is 10.2. The van der Waals surface area contributed by atoms with Crippen molar-refractivity contribution >= 4 is 15.8 Å². The SMILES string of the molecule is CCNCc1cc(S(=O)(=O)Nc2ccccn2)ccc1F. The number of benzene rings is 1. The van der Waals surface area contributed by atoms with Crippen molar-refractivity contribution in [3.63, 3.8) is 0 Å². The summed E-state index contributed by atoms with van der Waals surface area (Å²) in [6.07, 6.45) is 1.49. The molecule has 0 saturated heterocycles. The minimum absolute atomic E-state index is 0.00227. The Balaban J connectivity index is 2.27. The maximum atomic E-state index is 13.6. The predicted molar refractivity (Wildman–Crippen MR) is 78.8 cm³/mol. The van der Waals surface area contributed by atoms with Gasteiger partial charge in [0.2, 0.25) is 0 Å². The van der Waals surface area contributed by atoms with Crippen molar-refractivity contribution in [3.05, 3.63) is 54.0 Å². The van der Waals surface area contributed by atoms with Gasteiger partial charge in [-0.05, 0) is 36.9 Å². The third-order valence-corrected chi connectivity index (χ3v) is 4.15. The van der Waals surface area contributed by atoms with Gasteiger partial charge >= 0.3 is 0 Å². The van der Waals surface area contributed by atoms with E-state index in [1.807, 2.05) is 6.92 Å². The third kappa shape index (κ3) is 3.99. The maximum absolute atomic E-state index is 13.6. The molecule has 5 nitrogen and oxygen atoms in total. The van der Waals surface area contributed by atoms with Crippen molar-refractivity contribution in [1.29, 1.82) is 0 Å². The Morgan fingerprint density at radius 2 is 2.05 bits per heavy atom. The molecule has 2 N–H and O–H groups in total. The number of halogens is 1. The molecule has 0 atom stereocenters. The summed E-state index contributed by atoms with van der Waals surface area (Å²) in [6, 6.07) is 8.61. The Kier molecular flexibility index (Phi) is 4.87. The third-order valence-electron chi connectivity index (χ3n) is 2.80. The highest BCUT2D eigenvalue weighted by atomic mass is 32.2. The number of nitrogens with zero attached hydrogens (tertiary/aromatic N) is 1. The van der Waals surface area contributed by atoms with Crippen molar-refractivity contribution < 1.29 is 12.8 Å². The molecule has 0 fully saturated rings. The standard InChI is InChI=1S/C14H16FN3O2S/c1-2-16-10-11-9-12(6-7-13(11)15)21(19,20)18-14-5-3-4-8-17-14/h3-9,16H,2,10H2,1H3,(H,17,18). The molecule has 1 heterocycles. The largest absolute Gasteiger partial charge is 0.313 e. The van der Waals surface area contributed by atoms with Gasteiger partial charge in [-0.25, -0.2) is 17.8 Å². The Bertz CT molecular complexity index is 705. The second-order valence-electron chi connectivity index (χ2n) is 4.35. The monoisotopic (exact) mass is 309 g/mol. The molecule has 1 aromatic carbocycles. The summed E-state index contributed by atoms with van der Waals surface area (Å²) in [5.41, 5.74) is 0.306. The molecule has 0 aliphatic rings. The van der Waals surface area contributed by atoms with Gasteiger partial charge in [0.1, 0.15) is 11.6 Å². The zero-order valence-corrected chi connectivity index (χ0v) is 12.3. The van der Waals surface area contributed by atoms with E-state index in [4.69, 9.17) is 0 Å². The zero-order valence-electron chi connectivity index (χ0n) is 11.5. The van der Waals surface area contributed by atoms with Crippen molar-refractivity contribution in [2.45, 2.75) is 18.4 Å². The topological polar surface area (TPSA) is 71.1 Å². The molecule has 0 bridgehead atoms. The molecular formula is C14H16FN3O2S. The van der Waals surface area contributed by atoms with E-state index in [2.05, 4.69) is 15.0 Å². The van der Waals surface area contributed by atoms with E-state index in [1.54, 1.807) is 18.2 Å². The van der Waals surface area contributed by atoms with Crippen LogP contribution in [0.4, 0.5) is 10.2 Å². The summed E-state index contributed by atoms with van der Waals surface area (Å²) in [4.78, 5) is 3.90. The molecule has 0 unspecified atom stereocenters. The molecule has 0 aliphatic heterocycles. The molecule has 0 spiro atoms. The highest BCUT2D eigenvalue weighted by molar-refractivity contribution is 7.92. The number of hydrogen-bond acceptors (Lipinski definition) is 4. The molecule has 2 rings (SSSR count). The van der Waals surface area contributed by atoms with Crippen molar-refractivity contribution in [2.24, 2.45) is 0 Å². The molecule has 0 saturated carbocycles. The van der Waals surface area contributed by atoms with Crippen molar-refractivity contribution in [1.82, 2.24) is 10.3 Å². The fourth-order valence-electron chi connectivity index (χ4n) is 1.73. The molecule has 112 valence electrons. The fourth-order valence-corrected chi connectivity index (χ4v) is 2.79. The smallest absolute Gasteiger partial charge is 0.263 e. The van der Waals surface area contributed by atoms with Crippen LogP contribution in [0.2, 0.25) is 0 Å². The normalized spacial score (nSPS) is 11.3. The van der Waals surface area contributed by atoms with E-state index >= 15 is 0 Å². The molecule has 7 heteroatoms. The summed E-state index contributed by atoms with van der Waals surface area (Å²) < 4.78 is 40.5. The Labute approximate surface area is 123 Å². The Morgan fingerprint density at radius 3 is 2.71 bits per heavy atom. The van der Waals surface area contributed by atoms with Crippen LogP contribution in [0, 0.1) is 5.82 Å². The van der Waals surface area contributed by atoms with Crippen molar-refractivity contribution in [3.8, 4) is 0 Å². The second-order valence-corrected chi connectivity index (χ2v) is 6.04. The highest BCUT2D eigenvalue weighted by Gasteiger charge is 2.16. The first kappa shape index (κ1) is 15.4. The van der Waals surface area contributed by atoms with Gasteiger partial charge in [-0.2, -0.15) is 0 Å². The lowest BCUT2D eigenvalue weighted by Gasteiger charge is -2.10. The van der Waals surface area contributed by atoms with Gasteiger partial charge in [0.25, 0.3) is 10.0 Å². The van der Waals surface area contributed by atoms with E-state index in [0.717, 1.165) is 6.07 Å². The lowest BCUT2D eigenvalue weighted by Crippen LogP contribution is -2.16.